The monoisotopic (exact) mass is 429 g/mol. The number of amides is 1. The fraction of sp³-hybridized carbons (Fsp3) is 0.500. The minimum Gasteiger partial charge on any atom is -0.494 e. The zero-order valence-corrected chi connectivity index (χ0v) is 19.1. The zero-order valence-electron chi connectivity index (χ0n) is 18.3. The second kappa shape index (κ2) is 10.1. The summed E-state index contributed by atoms with van der Waals surface area (Å²) in [6, 6.07) is 6.14. The van der Waals surface area contributed by atoms with Crippen molar-refractivity contribution < 1.29 is 19.1 Å². The van der Waals surface area contributed by atoms with Gasteiger partial charge in [0.05, 0.1) is 18.8 Å². The summed E-state index contributed by atoms with van der Waals surface area (Å²) in [6.45, 7) is 9.04. The third kappa shape index (κ3) is 5.22. The minimum absolute atomic E-state index is 0.101. The highest BCUT2D eigenvalue weighted by molar-refractivity contribution is 7.17. The van der Waals surface area contributed by atoms with Crippen molar-refractivity contribution in [1.29, 1.82) is 0 Å². The van der Waals surface area contributed by atoms with Crippen molar-refractivity contribution in [3.05, 3.63) is 45.3 Å². The summed E-state index contributed by atoms with van der Waals surface area (Å²) in [7, 11) is 0. The molecule has 1 N–H and O–H groups in total. The van der Waals surface area contributed by atoms with Crippen LogP contribution >= 0.6 is 11.3 Å². The van der Waals surface area contributed by atoms with E-state index in [1.165, 1.54) is 27.3 Å². The average Bonchev–Trinajstić information content (AvgIpc) is 3.25. The Morgan fingerprint density at radius 3 is 2.73 bits per heavy atom. The van der Waals surface area contributed by atoms with Gasteiger partial charge in [0.25, 0.3) is 0 Å². The number of carbonyl (C=O) groups excluding carboxylic acids is 2. The van der Waals surface area contributed by atoms with E-state index in [2.05, 4.69) is 32.2 Å². The number of rotatable bonds is 9. The van der Waals surface area contributed by atoms with Crippen molar-refractivity contribution in [3.63, 3.8) is 0 Å². The number of anilines is 1. The molecule has 5 nitrogen and oxygen atoms in total. The number of ether oxygens (including phenoxy) is 2. The third-order valence-corrected chi connectivity index (χ3v) is 6.54. The Hall–Kier alpha value is -2.34. The molecule has 0 bridgehead atoms. The molecule has 1 aromatic heterocycles. The maximum atomic E-state index is 12.4. The summed E-state index contributed by atoms with van der Waals surface area (Å²) in [5, 5.41) is 3.56. The predicted molar refractivity (Wildman–Crippen MR) is 121 cm³/mol. The molecule has 0 unspecified atom stereocenters. The Labute approximate surface area is 182 Å². The first-order valence-corrected chi connectivity index (χ1v) is 11.6. The van der Waals surface area contributed by atoms with E-state index in [1.54, 1.807) is 6.92 Å². The molecular weight excluding hydrogens is 398 g/mol. The van der Waals surface area contributed by atoms with Crippen LogP contribution in [-0.4, -0.2) is 25.1 Å². The lowest BCUT2D eigenvalue weighted by molar-refractivity contribution is -0.116. The van der Waals surface area contributed by atoms with Crippen LogP contribution in [0.2, 0.25) is 0 Å². The van der Waals surface area contributed by atoms with Gasteiger partial charge in [-0.05, 0) is 74.3 Å². The molecule has 2 aromatic rings. The lowest BCUT2D eigenvalue weighted by Crippen LogP contribution is -2.15. The number of carbonyl (C=O) groups is 2. The Morgan fingerprint density at radius 1 is 1.23 bits per heavy atom. The first-order valence-electron chi connectivity index (χ1n) is 10.8. The van der Waals surface area contributed by atoms with Crippen molar-refractivity contribution >= 4 is 28.2 Å². The van der Waals surface area contributed by atoms with E-state index in [0.29, 0.717) is 42.5 Å². The molecule has 0 spiro atoms. The molecule has 0 radical (unpaired) electrons. The predicted octanol–water partition coefficient (Wildman–Crippen LogP) is 5.64. The van der Waals surface area contributed by atoms with Crippen molar-refractivity contribution in [1.82, 2.24) is 0 Å². The molecule has 1 heterocycles. The highest BCUT2D eigenvalue weighted by Gasteiger charge is 2.28. The van der Waals surface area contributed by atoms with Crippen LogP contribution in [0.25, 0.3) is 0 Å². The average molecular weight is 430 g/mol. The van der Waals surface area contributed by atoms with E-state index < -0.39 is 0 Å². The van der Waals surface area contributed by atoms with Crippen LogP contribution in [0.3, 0.4) is 0 Å². The molecular formula is C24H31NO4S. The Balaban J connectivity index is 1.52. The molecule has 0 atom stereocenters. The van der Waals surface area contributed by atoms with Crippen LogP contribution in [0.5, 0.6) is 5.75 Å². The molecule has 162 valence electrons. The van der Waals surface area contributed by atoms with E-state index in [4.69, 9.17) is 9.47 Å². The number of benzene rings is 1. The van der Waals surface area contributed by atoms with Gasteiger partial charge in [0.15, 0.2) is 0 Å². The van der Waals surface area contributed by atoms with E-state index in [9.17, 15) is 9.59 Å². The molecule has 1 aliphatic carbocycles. The van der Waals surface area contributed by atoms with Crippen molar-refractivity contribution in [2.75, 3.05) is 18.5 Å². The SMILES string of the molecule is CCOC(=O)c1c(NC(=O)CCCOc2ccc(C(C)C)c(C)c2)sc2c1CCC2. The number of esters is 1. The number of aryl methyl sites for hydroxylation is 2. The molecule has 6 heteroatoms. The van der Waals surface area contributed by atoms with Gasteiger partial charge in [-0.1, -0.05) is 19.9 Å². The van der Waals surface area contributed by atoms with Crippen LogP contribution in [0, 0.1) is 6.92 Å². The highest BCUT2D eigenvalue weighted by atomic mass is 32.1. The maximum absolute atomic E-state index is 12.4. The summed E-state index contributed by atoms with van der Waals surface area (Å²) in [6.07, 6.45) is 3.84. The van der Waals surface area contributed by atoms with E-state index in [1.807, 2.05) is 12.1 Å². The molecule has 1 aromatic carbocycles. The van der Waals surface area contributed by atoms with Crippen molar-refractivity contribution in [3.8, 4) is 5.75 Å². The molecule has 0 saturated heterocycles. The zero-order chi connectivity index (χ0) is 21.7. The Kier molecular flexibility index (Phi) is 7.53. The first-order chi connectivity index (χ1) is 14.4. The van der Waals surface area contributed by atoms with Gasteiger partial charge in [0, 0.05) is 11.3 Å². The van der Waals surface area contributed by atoms with Gasteiger partial charge in [-0.3, -0.25) is 4.79 Å². The summed E-state index contributed by atoms with van der Waals surface area (Å²) in [4.78, 5) is 26.0. The Bertz CT molecular complexity index is 916. The number of fused-ring (bicyclic) bond motifs is 1. The van der Waals surface area contributed by atoms with Gasteiger partial charge in [-0.15, -0.1) is 11.3 Å². The van der Waals surface area contributed by atoms with Gasteiger partial charge in [-0.2, -0.15) is 0 Å². The fourth-order valence-electron chi connectivity index (χ4n) is 3.91. The highest BCUT2D eigenvalue weighted by Crippen LogP contribution is 2.39. The topological polar surface area (TPSA) is 64.6 Å². The summed E-state index contributed by atoms with van der Waals surface area (Å²) in [5.74, 6) is 0.878. The van der Waals surface area contributed by atoms with E-state index in [0.717, 1.165) is 30.6 Å². The lowest BCUT2D eigenvalue weighted by atomic mass is 9.98. The van der Waals surface area contributed by atoms with Crippen molar-refractivity contribution in [2.45, 2.75) is 65.7 Å². The number of nitrogens with one attached hydrogen (secondary N) is 1. The quantitative estimate of drug-likeness (QED) is 0.414. The van der Waals surface area contributed by atoms with Gasteiger partial charge in [-0.25, -0.2) is 4.79 Å². The fourth-order valence-corrected chi connectivity index (χ4v) is 5.20. The van der Waals surface area contributed by atoms with Gasteiger partial charge >= 0.3 is 5.97 Å². The molecule has 30 heavy (non-hydrogen) atoms. The number of thiophene rings is 1. The summed E-state index contributed by atoms with van der Waals surface area (Å²) >= 11 is 1.51. The van der Waals surface area contributed by atoms with Gasteiger partial charge in [0.2, 0.25) is 5.91 Å². The number of hydrogen-bond donors (Lipinski definition) is 1. The lowest BCUT2D eigenvalue weighted by Gasteiger charge is -2.12. The molecule has 1 amide bonds. The van der Waals surface area contributed by atoms with Crippen LogP contribution in [-0.2, 0) is 22.4 Å². The van der Waals surface area contributed by atoms with E-state index >= 15 is 0 Å². The molecule has 1 aliphatic rings. The molecule has 0 fully saturated rings. The second-order valence-corrected chi connectivity index (χ2v) is 9.06. The van der Waals surface area contributed by atoms with Crippen LogP contribution in [0.4, 0.5) is 5.00 Å². The molecule has 0 saturated carbocycles. The van der Waals surface area contributed by atoms with E-state index in [-0.39, 0.29) is 11.9 Å². The summed E-state index contributed by atoms with van der Waals surface area (Å²) < 4.78 is 11.0. The van der Waals surface area contributed by atoms with Crippen LogP contribution in [0.1, 0.15) is 77.9 Å². The normalized spacial score (nSPS) is 12.7. The standard InChI is InChI=1S/C24H31NO4S/c1-5-28-24(27)22-19-8-6-9-20(19)30-23(22)25-21(26)10-7-13-29-17-11-12-18(15(2)3)16(4)14-17/h11-12,14-15H,5-10,13H2,1-4H3,(H,25,26). The maximum Gasteiger partial charge on any atom is 0.341 e. The first kappa shape index (κ1) is 22.3. The van der Waals surface area contributed by atoms with Gasteiger partial charge < -0.3 is 14.8 Å². The molecule has 0 aliphatic heterocycles. The smallest absolute Gasteiger partial charge is 0.341 e. The van der Waals surface area contributed by atoms with Gasteiger partial charge in [0.1, 0.15) is 10.8 Å². The third-order valence-electron chi connectivity index (χ3n) is 5.33. The summed E-state index contributed by atoms with van der Waals surface area (Å²) in [5.41, 5.74) is 4.15. The largest absolute Gasteiger partial charge is 0.494 e. The minimum atomic E-state index is -0.337. The van der Waals surface area contributed by atoms with Crippen LogP contribution < -0.4 is 10.1 Å². The second-order valence-electron chi connectivity index (χ2n) is 7.96. The molecule has 3 rings (SSSR count). The number of hydrogen-bond acceptors (Lipinski definition) is 5. The van der Waals surface area contributed by atoms with Crippen LogP contribution in [0.15, 0.2) is 18.2 Å². The Morgan fingerprint density at radius 2 is 2.03 bits per heavy atom. The van der Waals surface area contributed by atoms with Crippen molar-refractivity contribution in [2.24, 2.45) is 0 Å².